The van der Waals surface area contributed by atoms with Crippen molar-refractivity contribution in [3.05, 3.63) is 11.7 Å². The molecule has 1 saturated heterocycles. The van der Waals surface area contributed by atoms with Gasteiger partial charge in [0.1, 0.15) is 22.8 Å². The van der Waals surface area contributed by atoms with E-state index in [2.05, 4.69) is 25.9 Å². The first kappa shape index (κ1) is 33.0. The summed E-state index contributed by atoms with van der Waals surface area (Å²) in [6, 6.07) is 0. The zero-order valence-electron chi connectivity index (χ0n) is 18.3. The molecule has 5 N–H and O–H groups in total. The molecule has 2 fully saturated rings. The van der Waals surface area contributed by atoms with E-state index in [4.69, 9.17) is 25.9 Å². The van der Waals surface area contributed by atoms with Gasteiger partial charge in [0.15, 0.2) is 0 Å². The SMILES string of the molecule is C1CC[N-]CC1.CC(=N\O)/C(C)=N/O.CC(=N\O)/C(C)=N/O.OC1[CH-]CCCC1.[Co+2]. The third-order valence-corrected chi connectivity index (χ3v) is 4.17. The second-order valence-corrected chi connectivity index (χ2v) is 6.56. The Morgan fingerprint density at radius 2 is 1.10 bits per heavy atom. The van der Waals surface area contributed by atoms with E-state index in [9.17, 15) is 0 Å². The molecule has 0 aromatic rings. The molecule has 1 aliphatic carbocycles. The maximum absolute atomic E-state index is 8.85. The Labute approximate surface area is 190 Å². The van der Waals surface area contributed by atoms with Crippen molar-refractivity contribution >= 4 is 22.8 Å². The minimum atomic E-state index is -0.0891. The fourth-order valence-corrected chi connectivity index (χ4v) is 1.95. The van der Waals surface area contributed by atoms with E-state index >= 15 is 0 Å². The molecule has 1 radical (unpaired) electrons. The van der Waals surface area contributed by atoms with E-state index in [1.165, 1.54) is 59.8 Å². The number of piperidine rings is 1. The van der Waals surface area contributed by atoms with E-state index in [1.54, 1.807) is 0 Å². The van der Waals surface area contributed by atoms with Gasteiger partial charge in [0.25, 0.3) is 0 Å². The number of aliphatic hydroxyl groups excluding tert-OH is 1. The van der Waals surface area contributed by atoms with Gasteiger partial charge in [0, 0.05) is 0 Å². The van der Waals surface area contributed by atoms with E-state index in [0.29, 0.717) is 22.8 Å². The van der Waals surface area contributed by atoms with Gasteiger partial charge < -0.3 is 37.7 Å². The summed E-state index contributed by atoms with van der Waals surface area (Å²) in [5, 5.41) is 56.3. The van der Waals surface area contributed by atoms with Crippen LogP contribution in [-0.4, -0.2) is 68.0 Å². The van der Waals surface area contributed by atoms with Crippen LogP contribution in [0.4, 0.5) is 0 Å². The first-order valence-electron chi connectivity index (χ1n) is 9.73. The zero-order chi connectivity index (χ0) is 22.5. The largest absolute Gasteiger partial charge is 2.00 e. The average molecular weight is 474 g/mol. The molecule has 2 aliphatic rings. The Balaban J connectivity index is -0.000000321. The van der Waals surface area contributed by atoms with Crippen LogP contribution in [0.25, 0.3) is 5.32 Å². The monoisotopic (exact) mass is 474 g/mol. The summed E-state index contributed by atoms with van der Waals surface area (Å²) >= 11 is 0. The van der Waals surface area contributed by atoms with Crippen molar-refractivity contribution in [2.75, 3.05) is 13.1 Å². The van der Waals surface area contributed by atoms with Crippen molar-refractivity contribution in [3.63, 3.8) is 0 Å². The predicted octanol–water partition coefficient (Wildman–Crippen LogP) is 4.04. The molecule has 11 heteroatoms. The minimum Gasteiger partial charge on any atom is -0.662 e. The summed E-state index contributed by atoms with van der Waals surface area (Å²) in [4.78, 5) is 0. The molecule has 2 rings (SSSR count). The van der Waals surface area contributed by atoms with Gasteiger partial charge in [0.2, 0.25) is 0 Å². The van der Waals surface area contributed by atoms with Crippen LogP contribution in [0.1, 0.15) is 72.6 Å². The van der Waals surface area contributed by atoms with Crippen LogP contribution in [0.15, 0.2) is 20.6 Å². The predicted molar refractivity (Wildman–Crippen MR) is 115 cm³/mol. The number of hydrogen-bond donors (Lipinski definition) is 5. The summed E-state index contributed by atoms with van der Waals surface area (Å²) in [5.41, 5.74) is 1.25. The quantitative estimate of drug-likeness (QED) is 0.176. The third kappa shape index (κ3) is 21.0. The summed E-state index contributed by atoms with van der Waals surface area (Å²) in [6.45, 7) is 8.40. The number of hydrogen-bond acceptors (Lipinski definition) is 9. The Bertz CT molecular complexity index is 442. The van der Waals surface area contributed by atoms with Crippen molar-refractivity contribution in [3.8, 4) is 0 Å². The van der Waals surface area contributed by atoms with Gasteiger partial charge in [-0.3, -0.25) is 0 Å². The van der Waals surface area contributed by atoms with Gasteiger partial charge in [0.05, 0.1) is 0 Å². The average Bonchev–Trinajstić information content (AvgIpc) is 2.79. The molecule has 0 spiro atoms. The standard InChI is InChI=1S/C6H11O.C5H10N.2C4H8N2O2.Co/c7-6-4-2-1-3-5-6;1-2-4-6-5-3-1;2*1-3(5-7)4(2)6-8;/h4,6-7H,1-3,5H2;1-5H2;2*7-8H,1-2H3;/q2*-1;;;+2/b;;2*5-3+,6-4+;. The molecular weight excluding hydrogens is 437 g/mol. The van der Waals surface area contributed by atoms with Gasteiger partial charge in [-0.05, 0) is 27.7 Å². The van der Waals surface area contributed by atoms with Crippen molar-refractivity contribution in [2.24, 2.45) is 20.6 Å². The van der Waals surface area contributed by atoms with E-state index in [1.807, 2.05) is 6.42 Å². The molecule has 1 saturated carbocycles. The van der Waals surface area contributed by atoms with Crippen molar-refractivity contribution in [1.29, 1.82) is 0 Å². The fraction of sp³-hybridized carbons (Fsp3) is 0.737. The number of aliphatic hydroxyl groups is 1. The first-order valence-corrected chi connectivity index (χ1v) is 9.73. The van der Waals surface area contributed by atoms with Crippen molar-refractivity contribution in [2.45, 2.75) is 78.7 Å². The molecule has 1 aliphatic heterocycles. The van der Waals surface area contributed by atoms with Gasteiger partial charge in [-0.2, -0.15) is 6.42 Å². The van der Waals surface area contributed by atoms with Crippen LogP contribution in [0.5, 0.6) is 0 Å². The maximum atomic E-state index is 8.85. The summed E-state index contributed by atoms with van der Waals surface area (Å²) in [5.74, 6) is 0. The first-order chi connectivity index (χ1) is 13.8. The molecule has 1 atom stereocenters. The van der Waals surface area contributed by atoms with Crippen LogP contribution in [0.3, 0.4) is 0 Å². The van der Waals surface area contributed by atoms with Crippen LogP contribution in [0.2, 0.25) is 0 Å². The maximum Gasteiger partial charge on any atom is 2.00 e. The van der Waals surface area contributed by atoms with E-state index < -0.39 is 0 Å². The molecule has 0 amide bonds. The summed E-state index contributed by atoms with van der Waals surface area (Å²) in [7, 11) is 0. The molecule has 0 aromatic heterocycles. The second kappa shape index (κ2) is 23.6. The normalized spacial score (nSPS) is 20.1. The van der Waals surface area contributed by atoms with Crippen LogP contribution < -0.4 is 0 Å². The van der Waals surface area contributed by atoms with Crippen LogP contribution in [-0.2, 0) is 16.8 Å². The topological polar surface area (TPSA) is 165 Å². The molecule has 0 bridgehead atoms. The molecule has 1 unspecified atom stereocenters. The third-order valence-electron chi connectivity index (χ3n) is 4.17. The molecular formula is C19H37CoN5O5. The smallest absolute Gasteiger partial charge is 0.662 e. The van der Waals surface area contributed by atoms with E-state index in [0.717, 1.165) is 25.9 Å². The Morgan fingerprint density at radius 1 is 0.700 bits per heavy atom. The summed E-state index contributed by atoms with van der Waals surface area (Å²) < 4.78 is 0. The Kier molecular flexibility index (Phi) is 25.9. The molecule has 30 heavy (non-hydrogen) atoms. The van der Waals surface area contributed by atoms with Crippen LogP contribution in [0, 0.1) is 6.42 Å². The van der Waals surface area contributed by atoms with Crippen molar-refractivity contribution < 1.29 is 42.7 Å². The number of oxime groups is 4. The fourth-order valence-electron chi connectivity index (χ4n) is 1.95. The summed E-state index contributed by atoms with van der Waals surface area (Å²) in [6.07, 6.45) is 10.6. The van der Waals surface area contributed by atoms with E-state index in [-0.39, 0.29) is 22.9 Å². The molecule has 177 valence electrons. The minimum absolute atomic E-state index is 0. The van der Waals surface area contributed by atoms with Gasteiger partial charge in [-0.15, -0.1) is 13.1 Å². The Hall–Kier alpha value is -1.69. The molecule has 0 aromatic carbocycles. The number of nitrogens with zero attached hydrogens (tertiary/aromatic N) is 5. The number of rotatable bonds is 2. The molecule has 10 nitrogen and oxygen atoms in total. The van der Waals surface area contributed by atoms with Crippen molar-refractivity contribution in [1.82, 2.24) is 0 Å². The van der Waals surface area contributed by atoms with Gasteiger partial charge >= 0.3 is 16.8 Å². The Morgan fingerprint density at radius 3 is 1.23 bits per heavy atom. The molecule has 1 heterocycles. The van der Waals surface area contributed by atoms with Crippen LogP contribution >= 0.6 is 0 Å². The van der Waals surface area contributed by atoms with Gasteiger partial charge in [-0.1, -0.05) is 65.3 Å². The van der Waals surface area contributed by atoms with Gasteiger partial charge in [-0.25, -0.2) is 0 Å². The zero-order valence-corrected chi connectivity index (χ0v) is 19.4. The second-order valence-electron chi connectivity index (χ2n) is 6.56.